The van der Waals surface area contributed by atoms with Crippen LogP contribution in [0.3, 0.4) is 0 Å². The highest BCUT2D eigenvalue weighted by Crippen LogP contribution is 2.22. The summed E-state index contributed by atoms with van der Waals surface area (Å²) in [6.45, 7) is 4.08. The molecule has 7 heteroatoms. The average Bonchev–Trinajstić information content (AvgIpc) is 2.96. The van der Waals surface area contributed by atoms with Crippen molar-refractivity contribution in [3.8, 4) is 6.07 Å². The van der Waals surface area contributed by atoms with E-state index in [-0.39, 0.29) is 5.91 Å². The molecule has 0 aliphatic carbocycles. The number of aromatic nitrogens is 2. The van der Waals surface area contributed by atoms with Crippen LogP contribution in [0.1, 0.15) is 35.9 Å². The zero-order valence-corrected chi connectivity index (χ0v) is 14.0. The van der Waals surface area contributed by atoms with Crippen molar-refractivity contribution in [2.45, 2.75) is 25.5 Å². The number of rotatable bonds is 6. The molecular weight excluding hydrogens is 316 g/mol. The third-order valence-corrected chi connectivity index (χ3v) is 4.88. The van der Waals surface area contributed by atoms with Crippen LogP contribution in [-0.2, 0) is 10.5 Å². The molecule has 22 heavy (non-hydrogen) atoms. The van der Waals surface area contributed by atoms with Gasteiger partial charge in [0.15, 0.2) is 0 Å². The number of thioether (sulfide) groups is 1. The minimum absolute atomic E-state index is 0.0899. The fourth-order valence-corrected chi connectivity index (χ4v) is 3.20. The van der Waals surface area contributed by atoms with Gasteiger partial charge in [0, 0.05) is 11.7 Å². The Morgan fingerprint density at radius 3 is 2.95 bits per heavy atom. The Morgan fingerprint density at radius 1 is 1.45 bits per heavy atom. The van der Waals surface area contributed by atoms with E-state index in [2.05, 4.69) is 21.6 Å². The van der Waals surface area contributed by atoms with Crippen molar-refractivity contribution in [3.63, 3.8) is 0 Å². The summed E-state index contributed by atoms with van der Waals surface area (Å²) >= 11 is 2.91. The van der Waals surface area contributed by atoms with Crippen LogP contribution in [0, 0.1) is 11.3 Å². The van der Waals surface area contributed by atoms with Crippen molar-refractivity contribution >= 4 is 34.1 Å². The Kier molecular flexibility index (Phi) is 5.92. The van der Waals surface area contributed by atoms with Crippen molar-refractivity contribution in [2.75, 3.05) is 11.1 Å². The minimum atomic E-state index is -0.0899. The number of nitrogens with zero attached hydrogens (tertiary/aromatic N) is 3. The fraction of sp³-hybridized carbons (Fsp3) is 0.333. The van der Waals surface area contributed by atoms with Crippen LogP contribution < -0.4 is 5.32 Å². The fourth-order valence-electron chi connectivity index (χ4n) is 1.67. The number of nitriles is 1. The van der Waals surface area contributed by atoms with Gasteiger partial charge in [-0.25, -0.2) is 0 Å². The van der Waals surface area contributed by atoms with Crippen molar-refractivity contribution in [1.82, 2.24) is 10.2 Å². The second-order valence-corrected chi connectivity index (χ2v) is 6.95. The van der Waals surface area contributed by atoms with Crippen LogP contribution >= 0.6 is 23.1 Å². The summed E-state index contributed by atoms with van der Waals surface area (Å²) in [5.41, 5.74) is 1.67. The topological polar surface area (TPSA) is 78.7 Å². The number of hydrogen-bond acceptors (Lipinski definition) is 6. The number of carbonyl (C=O) groups is 1. The summed E-state index contributed by atoms with van der Waals surface area (Å²) in [5, 5.41) is 21.1. The highest BCUT2D eigenvalue weighted by molar-refractivity contribution is 7.99. The molecule has 2 rings (SSSR count). The molecule has 114 valence electrons. The first-order chi connectivity index (χ1) is 10.6. The van der Waals surface area contributed by atoms with Gasteiger partial charge in [0.05, 0.1) is 17.4 Å². The van der Waals surface area contributed by atoms with E-state index in [1.807, 2.05) is 32.0 Å². The van der Waals surface area contributed by atoms with Gasteiger partial charge in [-0.15, -0.1) is 22.0 Å². The van der Waals surface area contributed by atoms with Crippen LogP contribution in [0.4, 0.5) is 5.13 Å². The van der Waals surface area contributed by atoms with Gasteiger partial charge in [-0.1, -0.05) is 37.3 Å². The first kappa shape index (κ1) is 16.5. The van der Waals surface area contributed by atoms with Gasteiger partial charge < -0.3 is 0 Å². The Labute approximate surface area is 137 Å². The molecule has 0 saturated carbocycles. The summed E-state index contributed by atoms with van der Waals surface area (Å²) in [6, 6.07) is 9.51. The molecule has 0 spiro atoms. The molecule has 0 aliphatic heterocycles. The summed E-state index contributed by atoms with van der Waals surface area (Å²) in [4.78, 5) is 11.9. The summed E-state index contributed by atoms with van der Waals surface area (Å²) < 4.78 is 0. The van der Waals surface area contributed by atoms with Crippen molar-refractivity contribution in [3.05, 3.63) is 40.4 Å². The molecule has 5 nitrogen and oxygen atoms in total. The Balaban J connectivity index is 1.79. The van der Waals surface area contributed by atoms with E-state index in [1.54, 1.807) is 6.07 Å². The molecule has 1 aromatic heterocycles. The lowest BCUT2D eigenvalue weighted by molar-refractivity contribution is -0.113. The molecule has 1 aromatic carbocycles. The molecule has 2 aromatic rings. The zero-order chi connectivity index (χ0) is 15.9. The second kappa shape index (κ2) is 7.92. The zero-order valence-electron chi connectivity index (χ0n) is 12.4. The van der Waals surface area contributed by atoms with E-state index in [9.17, 15) is 4.79 Å². The average molecular weight is 332 g/mol. The van der Waals surface area contributed by atoms with E-state index < -0.39 is 0 Å². The highest BCUT2D eigenvalue weighted by atomic mass is 32.2. The second-order valence-electron chi connectivity index (χ2n) is 4.95. The predicted octanol–water partition coefficient (Wildman–Crippen LogP) is 3.41. The Hall–Kier alpha value is -1.91. The molecular formula is C15H16N4OS2. The van der Waals surface area contributed by atoms with Crippen molar-refractivity contribution in [1.29, 1.82) is 5.26 Å². The normalized spacial score (nSPS) is 10.5. The van der Waals surface area contributed by atoms with Crippen LogP contribution in [0.5, 0.6) is 0 Å². The van der Waals surface area contributed by atoms with E-state index in [4.69, 9.17) is 5.26 Å². The molecule has 1 N–H and O–H groups in total. The number of anilines is 1. The van der Waals surface area contributed by atoms with E-state index in [1.165, 1.54) is 23.1 Å². The number of hydrogen-bond donors (Lipinski definition) is 1. The van der Waals surface area contributed by atoms with Gasteiger partial charge in [0.25, 0.3) is 0 Å². The predicted molar refractivity (Wildman–Crippen MR) is 89.9 cm³/mol. The van der Waals surface area contributed by atoms with Gasteiger partial charge in [-0.05, 0) is 17.7 Å². The van der Waals surface area contributed by atoms with E-state index in [0.717, 1.165) is 10.6 Å². The Bertz CT molecular complexity index is 691. The number of nitrogens with one attached hydrogen (secondary N) is 1. The minimum Gasteiger partial charge on any atom is -0.300 e. The van der Waals surface area contributed by atoms with Gasteiger partial charge in [-0.2, -0.15) is 5.26 Å². The third-order valence-electron chi connectivity index (χ3n) is 2.74. The van der Waals surface area contributed by atoms with Gasteiger partial charge in [0.2, 0.25) is 11.0 Å². The largest absolute Gasteiger partial charge is 0.300 e. The molecule has 1 heterocycles. The SMILES string of the molecule is CC(C)c1nnc(NC(=O)CSCc2cccc(C#N)c2)s1. The molecule has 0 saturated heterocycles. The van der Waals surface area contributed by atoms with Crippen LogP contribution in [0.25, 0.3) is 0 Å². The van der Waals surface area contributed by atoms with Crippen LogP contribution in [-0.4, -0.2) is 21.9 Å². The summed E-state index contributed by atoms with van der Waals surface area (Å²) in [6.07, 6.45) is 0. The summed E-state index contributed by atoms with van der Waals surface area (Å²) in [7, 11) is 0. The Morgan fingerprint density at radius 2 is 2.27 bits per heavy atom. The van der Waals surface area contributed by atoms with Crippen LogP contribution in [0.15, 0.2) is 24.3 Å². The highest BCUT2D eigenvalue weighted by Gasteiger charge is 2.10. The van der Waals surface area contributed by atoms with Gasteiger partial charge >= 0.3 is 0 Å². The quantitative estimate of drug-likeness (QED) is 0.877. The van der Waals surface area contributed by atoms with Crippen molar-refractivity contribution in [2.24, 2.45) is 0 Å². The number of amides is 1. The van der Waals surface area contributed by atoms with E-state index in [0.29, 0.717) is 28.1 Å². The van der Waals surface area contributed by atoms with Crippen molar-refractivity contribution < 1.29 is 4.79 Å². The lowest BCUT2D eigenvalue weighted by Crippen LogP contribution is -2.14. The molecule has 0 bridgehead atoms. The maximum atomic E-state index is 11.9. The first-order valence-electron chi connectivity index (χ1n) is 6.78. The van der Waals surface area contributed by atoms with Gasteiger partial charge in [0.1, 0.15) is 5.01 Å². The standard InChI is InChI=1S/C15H16N4OS2/c1-10(2)14-18-19-15(22-14)17-13(20)9-21-8-12-5-3-4-11(6-12)7-16/h3-6,10H,8-9H2,1-2H3,(H,17,19,20). The molecule has 0 unspecified atom stereocenters. The molecule has 1 amide bonds. The smallest absolute Gasteiger partial charge is 0.236 e. The molecule has 0 aliphatic rings. The van der Waals surface area contributed by atoms with E-state index >= 15 is 0 Å². The van der Waals surface area contributed by atoms with Gasteiger partial charge in [-0.3, -0.25) is 10.1 Å². The first-order valence-corrected chi connectivity index (χ1v) is 8.75. The number of carbonyl (C=O) groups excluding carboxylic acids is 1. The molecule has 0 atom stereocenters. The lowest BCUT2D eigenvalue weighted by Gasteiger charge is -2.02. The molecule has 0 fully saturated rings. The van der Waals surface area contributed by atoms with Crippen LogP contribution in [0.2, 0.25) is 0 Å². The third kappa shape index (κ3) is 4.83. The maximum absolute atomic E-state index is 11.9. The summed E-state index contributed by atoms with van der Waals surface area (Å²) in [5.74, 6) is 1.25. The molecule has 0 radical (unpaired) electrons. The maximum Gasteiger partial charge on any atom is 0.236 e. The number of benzene rings is 1. The lowest BCUT2D eigenvalue weighted by atomic mass is 10.2. The monoisotopic (exact) mass is 332 g/mol.